The Morgan fingerprint density at radius 3 is 2.38 bits per heavy atom. The van der Waals surface area contributed by atoms with E-state index in [2.05, 4.69) is 0 Å². The smallest absolute Gasteiger partial charge is 0.318 e. The van der Waals surface area contributed by atoms with Crippen molar-refractivity contribution < 1.29 is 18.0 Å². The lowest BCUT2D eigenvalue weighted by atomic mass is 10.2. The molecule has 2 heterocycles. The third-order valence-electron chi connectivity index (χ3n) is 5.07. The summed E-state index contributed by atoms with van der Waals surface area (Å²) in [6.07, 6.45) is -2.70. The zero-order valence-corrected chi connectivity index (χ0v) is 19.3. The largest absolute Gasteiger partial charge is 0.416 e. The number of amides is 1. The average molecular weight is 493 g/mol. The molecule has 1 aliphatic rings. The van der Waals surface area contributed by atoms with Gasteiger partial charge in [0.15, 0.2) is 4.32 Å². The fourth-order valence-electron chi connectivity index (χ4n) is 3.57. The summed E-state index contributed by atoms with van der Waals surface area (Å²) in [7, 11) is 0. The molecule has 0 bridgehead atoms. The molecule has 0 unspecified atom stereocenters. The molecule has 0 atom stereocenters. The molecular formula is C23H16ClF3N2OS2. The van der Waals surface area contributed by atoms with Gasteiger partial charge in [-0.1, -0.05) is 41.6 Å². The van der Waals surface area contributed by atoms with Crippen molar-refractivity contribution in [1.82, 2.24) is 4.57 Å². The summed E-state index contributed by atoms with van der Waals surface area (Å²) in [4.78, 5) is 14.9. The zero-order chi connectivity index (χ0) is 23.2. The highest BCUT2D eigenvalue weighted by Crippen LogP contribution is 2.37. The van der Waals surface area contributed by atoms with Gasteiger partial charge in [-0.15, -0.1) is 0 Å². The number of halogens is 4. The van der Waals surface area contributed by atoms with E-state index in [0.29, 0.717) is 25.6 Å². The van der Waals surface area contributed by atoms with Crippen molar-refractivity contribution in [2.24, 2.45) is 0 Å². The van der Waals surface area contributed by atoms with Crippen molar-refractivity contribution in [2.45, 2.75) is 20.0 Å². The Morgan fingerprint density at radius 1 is 1.03 bits per heavy atom. The number of aromatic nitrogens is 1. The third-order valence-corrected chi connectivity index (χ3v) is 6.62. The first-order chi connectivity index (χ1) is 15.1. The van der Waals surface area contributed by atoms with Crippen molar-refractivity contribution in [1.29, 1.82) is 0 Å². The van der Waals surface area contributed by atoms with Crippen LogP contribution in [-0.2, 0) is 11.0 Å². The van der Waals surface area contributed by atoms with Crippen LogP contribution in [0.25, 0.3) is 11.8 Å². The Hall–Kier alpha value is -2.55. The second kappa shape index (κ2) is 8.42. The minimum absolute atomic E-state index is 0.258. The van der Waals surface area contributed by atoms with Crippen LogP contribution in [0.4, 0.5) is 18.9 Å². The van der Waals surface area contributed by atoms with Crippen molar-refractivity contribution in [3.05, 3.63) is 87.0 Å². The van der Waals surface area contributed by atoms with Crippen LogP contribution in [-0.4, -0.2) is 14.8 Å². The quantitative estimate of drug-likeness (QED) is 0.286. The molecule has 0 radical (unpaired) electrons. The number of carbonyl (C=O) groups excluding carboxylic acids is 1. The van der Waals surface area contributed by atoms with E-state index in [4.69, 9.17) is 23.8 Å². The Morgan fingerprint density at radius 2 is 1.72 bits per heavy atom. The maximum Gasteiger partial charge on any atom is 0.416 e. The van der Waals surface area contributed by atoms with Crippen molar-refractivity contribution in [2.75, 3.05) is 4.90 Å². The van der Waals surface area contributed by atoms with E-state index in [1.165, 1.54) is 22.7 Å². The normalized spacial score (nSPS) is 15.8. The second-order valence-corrected chi connectivity index (χ2v) is 9.32. The van der Waals surface area contributed by atoms with Gasteiger partial charge in [-0.3, -0.25) is 9.69 Å². The molecule has 0 aliphatic carbocycles. The lowest BCUT2D eigenvalue weighted by Crippen LogP contribution is -2.27. The molecule has 2 aromatic carbocycles. The predicted molar refractivity (Wildman–Crippen MR) is 127 cm³/mol. The van der Waals surface area contributed by atoms with Crippen LogP contribution < -0.4 is 4.90 Å². The monoisotopic (exact) mass is 492 g/mol. The van der Waals surface area contributed by atoms with Crippen molar-refractivity contribution >= 4 is 57.6 Å². The van der Waals surface area contributed by atoms with Gasteiger partial charge in [-0.2, -0.15) is 13.2 Å². The van der Waals surface area contributed by atoms with Gasteiger partial charge in [0.2, 0.25) is 0 Å². The minimum Gasteiger partial charge on any atom is -0.318 e. The van der Waals surface area contributed by atoms with E-state index in [1.807, 2.05) is 13.0 Å². The van der Waals surface area contributed by atoms with Gasteiger partial charge in [0.1, 0.15) is 0 Å². The van der Waals surface area contributed by atoms with E-state index < -0.39 is 11.7 Å². The van der Waals surface area contributed by atoms with Crippen LogP contribution in [0, 0.1) is 13.8 Å². The van der Waals surface area contributed by atoms with Crippen LogP contribution in [0.15, 0.2) is 59.5 Å². The standard InChI is InChI=1S/C23H16ClF3N2OS2/c1-13-10-15(14(2)28(13)19-5-3-4-16(12-19)23(25,26)27)11-20-21(30)29(22(31)32-20)18-8-6-17(24)7-9-18/h3-12H,1-2H3. The molecule has 3 aromatic rings. The third kappa shape index (κ3) is 4.22. The maximum atomic E-state index is 13.2. The first-order valence-electron chi connectivity index (χ1n) is 9.46. The molecule has 1 amide bonds. The molecule has 0 N–H and O–H groups in total. The Balaban J connectivity index is 1.70. The SMILES string of the molecule is Cc1cc(C=C2SC(=S)N(c3ccc(Cl)cc3)C2=O)c(C)n1-c1cccc(C(F)(F)F)c1. The predicted octanol–water partition coefficient (Wildman–Crippen LogP) is 7.17. The Bertz CT molecular complexity index is 1260. The first-order valence-corrected chi connectivity index (χ1v) is 11.1. The van der Waals surface area contributed by atoms with E-state index >= 15 is 0 Å². The van der Waals surface area contributed by atoms with E-state index in [9.17, 15) is 18.0 Å². The number of alkyl halides is 3. The number of rotatable bonds is 3. The molecular weight excluding hydrogens is 477 g/mol. The molecule has 1 aliphatic heterocycles. The summed E-state index contributed by atoms with van der Waals surface area (Å²) in [5.41, 5.74) is 2.52. The lowest BCUT2D eigenvalue weighted by molar-refractivity contribution is -0.137. The molecule has 32 heavy (non-hydrogen) atoms. The number of thiocarbonyl (C=S) groups is 1. The van der Waals surface area contributed by atoms with Crippen molar-refractivity contribution in [3.8, 4) is 5.69 Å². The molecule has 164 valence electrons. The van der Waals surface area contributed by atoms with Gasteiger partial charge in [0.05, 0.1) is 16.2 Å². The molecule has 0 spiro atoms. The highest BCUT2D eigenvalue weighted by Gasteiger charge is 2.34. The summed E-state index contributed by atoms with van der Waals surface area (Å²) in [5.74, 6) is -0.258. The molecule has 4 rings (SSSR count). The molecule has 3 nitrogen and oxygen atoms in total. The fraction of sp³-hybridized carbons (Fsp3) is 0.130. The summed E-state index contributed by atoms with van der Waals surface area (Å²) < 4.78 is 41.6. The van der Waals surface area contributed by atoms with E-state index in [1.54, 1.807) is 47.9 Å². The van der Waals surface area contributed by atoms with Gasteiger partial charge in [0, 0.05) is 22.1 Å². The number of thioether (sulfide) groups is 1. The van der Waals surface area contributed by atoms with Gasteiger partial charge in [-0.25, -0.2) is 0 Å². The summed E-state index contributed by atoms with van der Waals surface area (Å²) in [6, 6.07) is 13.8. The topological polar surface area (TPSA) is 25.2 Å². The van der Waals surface area contributed by atoms with Gasteiger partial charge < -0.3 is 4.57 Å². The Labute approximate surface area is 197 Å². The average Bonchev–Trinajstić information content (AvgIpc) is 3.17. The van der Waals surface area contributed by atoms with Gasteiger partial charge in [-0.05, 0) is 74.0 Å². The van der Waals surface area contributed by atoms with Gasteiger partial charge >= 0.3 is 6.18 Å². The van der Waals surface area contributed by atoms with Crippen molar-refractivity contribution in [3.63, 3.8) is 0 Å². The number of anilines is 1. The molecule has 9 heteroatoms. The highest BCUT2D eigenvalue weighted by molar-refractivity contribution is 8.27. The summed E-state index contributed by atoms with van der Waals surface area (Å²) >= 11 is 12.5. The molecule has 1 saturated heterocycles. The number of hydrogen-bond acceptors (Lipinski definition) is 3. The highest BCUT2D eigenvalue weighted by atomic mass is 35.5. The zero-order valence-electron chi connectivity index (χ0n) is 16.9. The number of hydrogen-bond donors (Lipinski definition) is 0. The number of nitrogens with zero attached hydrogens (tertiary/aromatic N) is 2. The van der Waals surface area contributed by atoms with E-state index in [-0.39, 0.29) is 5.91 Å². The first kappa shape index (κ1) is 22.6. The van der Waals surface area contributed by atoms with Crippen LogP contribution in [0.2, 0.25) is 5.02 Å². The van der Waals surface area contributed by atoms with Crippen LogP contribution in [0.3, 0.4) is 0 Å². The summed E-state index contributed by atoms with van der Waals surface area (Å²) in [5, 5.41) is 0.553. The van der Waals surface area contributed by atoms with Gasteiger partial charge in [0.25, 0.3) is 5.91 Å². The van der Waals surface area contributed by atoms with E-state index in [0.717, 1.165) is 29.1 Å². The number of aryl methyl sites for hydroxylation is 1. The second-order valence-electron chi connectivity index (χ2n) is 7.20. The summed E-state index contributed by atoms with van der Waals surface area (Å²) in [6.45, 7) is 3.61. The fourth-order valence-corrected chi connectivity index (χ4v) is 4.99. The van der Waals surface area contributed by atoms with Crippen LogP contribution in [0.1, 0.15) is 22.5 Å². The van der Waals surface area contributed by atoms with Crippen LogP contribution >= 0.6 is 35.6 Å². The number of carbonyl (C=O) groups is 1. The minimum atomic E-state index is -4.43. The molecule has 1 aromatic heterocycles. The molecule has 1 fully saturated rings. The Kier molecular flexibility index (Phi) is 5.96. The van der Waals surface area contributed by atoms with Crippen LogP contribution in [0.5, 0.6) is 0 Å². The maximum absolute atomic E-state index is 13.2. The number of benzene rings is 2. The molecule has 0 saturated carbocycles. The lowest BCUT2D eigenvalue weighted by Gasteiger charge is -2.14.